The second-order valence-electron chi connectivity index (χ2n) is 5.70. The molecule has 4 heteroatoms. The summed E-state index contributed by atoms with van der Waals surface area (Å²) in [6, 6.07) is 4.70. The molecule has 1 fully saturated rings. The van der Waals surface area contributed by atoms with Crippen molar-refractivity contribution < 1.29 is 9.13 Å². The molecule has 0 atom stereocenters. The van der Waals surface area contributed by atoms with E-state index >= 15 is 0 Å². The monoisotopic (exact) mass is 276 g/mol. The van der Waals surface area contributed by atoms with Crippen molar-refractivity contribution >= 4 is 5.84 Å². The van der Waals surface area contributed by atoms with Crippen LogP contribution >= 0.6 is 0 Å². The van der Waals surface area contributed by atoms with Crippen LogP contribution in [0, 0.1) is 11.2 Å². The maximum absolute atomic E-state index is 13.2. The summed E-state index contributed by atoms with van der Waals surface area (Å²) < 4.78 is 19.1. The highest BCUT2D eigenvalue weighted by molar-refractivity contribution is 6.00. The van der Waals surface area contributed by atoms with Gasteiger partial charge in [0.25, 0.3) is 0 Å². The van der Waals surface area contributed by atoms with Gasteiger partial charge in [-0.2, -0.15) is 0 Å². The first-order chi connectivity index (χ1) is 9.74. The summed E-state index contributed by atoms with van der Waals surface area (Å²) >= 11 is 0. The largest absolute Gasteiger partial charge is 0.376 e. The summed E-state index contributed by atoms with van der Waals surface area (Å²) in [5.74, 6) is 0.153. The number of hydrogen-bond acceptors (Lipinski definition) is 2. The van der Waals surface area contributed by atoms with Crippen LogP contribution in [0.3, 0.4) is 0 Å². The van der Waals surface area contributed by atoms with Crippen LogP contribution in [0.5, 0.6) is 0 Å². The molecule has 108 valence electrons. The first-order valence-corrected chi connectivity index (χ1v) is 7.48. The Balaban J connectivity index is 1.51. The molecular weight excluding hydrogens is 255 g/mol. The number of nitrogens with zero attached hydrogens (tertiary/aromatic N) is 1. The number of benzene rings is 1. The van der Waals surface area contributed by atoms with Gasteiger partial charge in [-0.1, -0.05) is 25.3 Å². The van der Waals surface area contributed by atoms with Crippen molar-refractivity contribution in [2.45, 2.75) is 44.8 Å². The average Bonchev–Trinajstić information content (AvgIpc) is 2.77. The minimum Gasteiger partial charge on any atom is -0.376 e. The van der Waals surface area contributed by atoms with Crippen LogP contribution in [-0.4, -0.2) is 30.0 Å². The maximum Gasteiger partial charge on any atom is 0.128 e. The smallest absolute Gasteiger partial charge is 0.128 e. The molecule has 0 saturated heterocycles. The minimum absolute atomic E-state index is 0.270. The molecule has 0 unspecified atom stereocenters. The molecular formula is C16H21FN2O. The summed E-state index contributed by atoms with van der Waals surface area (Å²) in [5.41, 5.74) is 1.76. The van der Waals surface area contributed by atoms with Crippen molar-refractivity contribution in [3.05, 3.63) is 35.1 Å². The third-order valence-electron chi connectivity index (χ3n) is 4.27. The van der Waals surface area contributed by atoms with E-state index in [-0.39, 0.29) is 5.82 Å². The van der Waals surface area contributed by atoms with Crippen LogP contribution in [0.2, 0.25) is 0 Å². The van der Waals surface area contributed by atoms with E-state index in [1.54, 1.807) is 6.07 Å². The lowest BCUT2D eigenvalue weighted by Crippen LogP contribution is -2.30. The summed E-state index contributed by atoms with van der Waals surface area (Å²) in [6.45, 7) is 2.07. The standard InChI is InChI=1S/C16H21FN2O/c17-13-7-6-12-11-19(16(18)15(12)10-13)8-9-20-14-4-2-1-3-5-14/h6-7,10,14,18H,1-5,8-9,11H2. The van der Waals surface area contributed by atoms with Crippen LogP contribution < -0.4 is 0 Å². The molecule has 1 aliphatic heterocycles. The van der Waals surface area contributed by atoms with Gasteiger partial charge in [0.2, 0.25) is 0 Å². The lowest BCUT2D eigenvalue weighted by molar-refractivity contribution is 0.0227. The lowest BCUT2D eigenvalue weighted by atomic mass is 9.98. The Morgan fingerprint density at radius 1 is 1.25 bits per heavy atom. The lowest BCUT2D eigenvalue weighted by Gasteiger charge is -2.24. The van der Waals surface area contributed by atoms with Gasteiger partial charge in [-0.25, -0.2) is 4.39 Å². The van der Waals surface area contributed by atoms with E-state index in [0.29, 0.717) is 31.6 Å². The van der Waals surface area contributed by atoms with E-state index in [4.69, 9.17) is 10.1 Å². The van der Waals surface area contributed by atoms with Crippen LogP contribution in [0.4, 0.5) is 4.39 Å². The molecule has 0 amide bonds. The Hall–Kier alpha value is -1.42. The van der Waals surface area contributed by atoms with Crippen molar-refractivity contribution in [3.8, 4) is 0 Å². The first kappa shape index (κ1) is 13.6. The van der Waals surface area contributed by atoms with Gasteiger partial charge in [0, 0.05) is 18.7 Å². The summed E-state index contributed by atoms with van der Waals surface area (Å²) in [5, 5.41) is 8.11. The van der Waals surface area contributed by atoms with Gasteiger partial charge in [0.15, 0.2) is 0 Å². The topological polar surface area (TPSA) is 36.3 Å². The van der Waals surface area contributed by atoms with Gasteiger partial charge >= 0.3 is 0 Å². The van der Waals surface area contributed by atoms with Gasteiger partial charge in [-0.15, -0.1) is 0 Å². The quantitative estimate of drug-likeness (QED) is 0.916. The van der Waals surface area contributed by atoms with E-state index in [9.17, 15) is 4.39 Å². The molecule has 0 bridgehead atoms. The van der Waals surface area contributed by atoms with E-state index in [1.165, 1.54) is 44.2 Å². The number of fused-ring (bicyclic) bond motifs is 1. The van der Waals surface area contributed by atoms with Crippen molar-refractivity contribution in [1.29, 1.82) is 5.41 Å². The Labute approximate surface area is 119 Å². The van der Waals surface area contributed by atoms with Gasteiger partial charge in [0.1, 0.15) is 11.7 Å². The number of hydrogen-bond donors (Lipinski definition) is 1. The molecule has 0 radical (unpaired) electrons. The van der Waals surface area contributed by atoms with Gasteiger partial charge < -0.3 is 9.64 Å². The summed E-state index contributed by atoms with van der Waals surface area (Å²) in [7, 11) is 0. The molecule has 1 saturated carbocycles. The first-order valence-electron chi connectivity index (χ1n) is 7.48. The predicted molar refractivity (Wildman–Crippen MR) is 76.5 cm³/mol. The Morgan fingerprint density at radius 2 is 2.05 bits per heavy atom. The van der Waals surface area contributed by atoms with Crippen molar-refractivity contribution in [1.82, 2.24) is 4.90 Å². The van der Waals surface area contributed by atoms with Crippen molar-refractivity contribution in [2.75, 3.05) is 13.2 Å². The zero-order chi connectivity index (χ0) is 13.9. The Morgan fingerprint density at radius 3 is 2.85 bits per heavy atom. The predicted octanol–water partition coefficient (Wildman–Crippen LogP) is 3.32. The minimum atomic E-state index is -0.270. The second-order valence-corrected chi connectivity index (χ2v) is 5.70. The number of rotatable bonds is 4. The molecule has 1 N–H and O–H groups in total. The molecule has 1 heterocycles. The van der Waals surface area contributed by atoms with Gasteiger partial charge in [0.05, 0.1) is 12.7 Å². The number of nitrogens with one attached hydrogen (secondary N) is 1. The van der Waals surface area contributed by atoms with E-state index < -0.39 is 0 Å². The maximum atomic E-state index is 13.2. The number of halogens is 1. The molecule has 1 aliphatic carbocycles. The highest BCUT2D eigenvalue weighted by Gasteiger charge is 2.24. The Bertz CT molecular complexity index is 497. The highest BCUT2D eigenvalue weighted by atomic mass is 19.1. The number of amidine groups is 1. The molecule has 20 heavy (non-hydrogen) atoms. The third-order valence-corrected chi connectivity index (χ3v) is 4.27. The fourth-order valence-corrected chi connectivity index (χ4v) is 3.11. The summed E-state index contributed by atoms with van der Waals surface area (Å²) in [4.78, 5) is 1.97. The van der Waals surface area contributed by atoms with E-state index in [0.717, 1.165) is 11.1 Å². The molecule has 3 nitrogen and oxygen atoms in total. The molecule has 2 aliphatic rings. The normalized spacial score (nSPS) is 19.4. The van der Waals surface area contributed by atoms with Crippen LogP contribution in [-0.2, 0) is 11.3 Å². The SMILES string of the molecule is N=C1c2cc(F)ccc2CN1CCOC1CCCCC1. The second kappa shape index (κ2) is 5.92. The van der Waals surface area contributed by atoms with Crippen LogP contribution in [0.15, 0.2) is 18.2 Å². The van der Waals surface area contributed by atoms with Crippen LogP contribution in [0.1, 0.15) is 43.2 Å². The van der Waals surface area contributed by atoms with Crippen molar-refractivity contribution in [3.63, 3.8) is 0 Å². The van der Waals surface area contributed by atoms with E-state index in [2.05, 4.69) is 0 Å². The summed E-state index contributed by atoms with van der Waals surface area (Å²) in [6.07, 6.45) is 6.62. The molecule has 0 aromatic heterocycles. The molecule has 3 rings (SSSR count). The van der Waals surface area contributed by atoms with Crippen molar-refractivity contribution in [2.24, 2.45) is 0 Å². The van der Waals surface area contributed by atoms with E-state index in [1.807, 2.05) is 4.90 Å². The fourth-order valence-electron chi connectivity index (χ4n) is 3.11. The average molecular weight is 276 g/mol. The molecule has 0 spiro atoms. The number of ether oxygens (including phenoxy) is 1. The highest BCUT2D eigenvalue weighted by Crippen LogP contribution is 2.24. The van der Waals surface area contributed by atoms with Crippen LogP contribution in [0.25, 0.3) is 0 Å². The van der Waals surface area contributed by atoms with Gasteiger partial charge in [-0.3, -0.25) is 5.41 Å². The molecule has 1 aromatic rings. The zero-order valence-corrected chi connectivity index (χ0v) is 11.7. The third kappa shape index (κ3) is 2.85. The zero-order valence-electron chi connectivity index (χ0n) is 11.7. The Kier molecular flexibility index (Phi) is 4.01. The fraction of sp³-hybridized carbons (Fsp3) is 0.562. The van der Waals surface area contributed by atoms with Gasteiger partial charge in [-0.05, 0) is 30.5 Å². The molecule has 1 aromatic carbocycles.